The smallest absolute Gasteiger partial charge is 0.0942 e. The molecule has 0 amide bonds. The van der Waals surface area contributed by atoms with Gasteiger partial charge in [0.1, 0.15) is 0 Å². The lowest BCUT2D eigenvalue weighted by Gasteiger charge is -2.09. The predicted molar refractivity (Wildman–Crippen MR) is 70.2 cm³/mol. The van der Waals surface area contributed by atoms with E-state index in [1.54, 1.807) is 17.4 Å². The quantitative estimate of drug-likeness (QED) is 0.824. The minimum atomic E-state index is 0.583. The number of benzene rings is 1. The summed E-state index contributed by atoms with van der Waals surface area (Å²) in [7, 11) is 0. The Morgan fingerprint density at radius 2 is 2.31 bits per heavy atom. The molecule has 0 aliphatic heterocycles. The summed E-state index contributed by atoms with van der Waals surface area (Å²) in [4.78, 5) is 4.21. The minimum absolute atomic E-state index is 0.583. The molecule has 2 rings (SSSR count). The molecule has 0 bridgehead atoms. The van der Waals surface area contributed by atoms with E-state index >= 15 is 0 Å². The van der Waals surface area contributed by atoms with Crippen molar-refractivity contribution in [2.75, 3.05) is 17.6 Å². The average molecular weight is 254 g/mol. The van der Waals surface area contributed by atoms with Crippen LogP contribution in [0.1, 0.15) is 5.01 Å². The van der Waals surface area contributed by atoms with Crippen LogP contribution in [0.2, 0.25) is 5.02 Å². The summed E-state index contributed by atoms with van der Waals surface area (Å²) in [5.74, 6) is 0. The van der Waals surface area contributed by atoms with E-state index in [9.17, 15) is 0 Å². The van der Waals surface area contributed by atoms with Gasteiger partial charge >= 0.3 is 0 Å². The fraction of sp³-hybridized carbons (Fsp3) is 0.182. The second-order valence-corrected chi connectivity index (χ2v) is 4.69. The Balaban J connectivity index is 1.92. The highest BCUT2D eigenvalue weighted by molar-refractivity contribution is 7.09. The van der Waals surface area contributed by atoms with E-state index in [4.69, 9.17) is 17.3 Å². The number of anilines is 2. The Hall–Kier alpha value is -1.26. The third kappa shape index (κ3) is 2.65. The number of thiazole rings is 1. The van der Waals surface area contributed by atoms with E-state index in [0.29, 0.717) is 10.7 Å². The lowest BCUT2D eigenvalue weighted by Crippen LogP contribution is -2.06. The molecule has 2 aromatic rings. The first-order valence-corrected chi connectivity index (χ1v) is 6.19. The van der Waals surface area contributed by atoms with Gasteiger partial charge in [0.2, 0.25) is 0 Å². The second kappa shape index (κ2) is 5.18. The van der Waals surface area contributed by atoms with Crippen LogP contribution in [0, 0.1) is 0 Å². The summed E-state index contributed by atoms with van der Waals surface area (Å²) in [5.41, 5.74) is 7.31. The molecular weight excluding hydrogens is 242 g/mol. The average Bonchev–Trinajstić information content (AvgIpc) is 2.77. The molecule has 0 aliphatic rings. The molecule has 0 radical (unpaired) electrons. The molecule has 16 heavy (non-hydrogen) atoms. The van der Waals surface area contributed by atoms with Crippen molar-refractivity contribution in [1.82, 2.24) is 4.98 Å². The van der Waals surface area contributed by atoms with Crippen molar-refractivity contribution in [3.05, 3.63) is 39.8 Å². The molecule has 0 saturated carbocycles. The highest BCUT2D eigenvalue weighted by atomic mass is 35.5. The van der Waals surface area contributed by atoms with Gasteiger partial charge in [-0.25, -0.2) is 4.98 Å². The van der Waals surface area contributed by atoms with Crippen LogP contribution in [0.15, 0.2) is 29.8 Å². The van der Waals surface area contributed by atoms with Gasteiger partial charge in [0.15, 0.2) is 0 Å². The molecule has 0 saturated heterocycles. The summed E-state index contributed by atoms with van der Waals surface area (Å²) < 4.78 is 0. The summed E-state index contributed by atoms with van der Waals surface area (Å²) in [5, 5.41) is 6.93. The number of aromatic nitrogens is 1. The Bertz CT molecular complexity index is 456. The number of nitrogens with two attached hydrogens (primary N) is 1. The van der Waals surface area contributed by atoms with E-state index in [-0.39, 0.29) is 0 Å². The Morgan fingerprint density at radius 1 is 1.44 bits per heavy atom. The minimum Gasteiger partial charge on any atom is -0.396 e. The van der Waals surface area contributed by atoms with Crippen molar-refractivity contribution in [2.24, 2.45) is 0 Å². The van der Waals surface area contributed by atoms with Crippen molar-refractivity contribution in [3.8, 4) is 0 Å². The second-order valence-electron chi connectivity index (χ2n) is 3.30. The third-order valence-corrected chi connectivity index (χ3v) is 3.36. The van der Waals surface area contributed by atoms with Crippen molar-refractivity contribution in [2.45, 2.75) is 6.42 Å². The molecular formula is C11H12ClN3S. The van der Waals surface area contributed by atoms with E-state index < -0.39 is 0 Å². The molecule has 1 aromatic heterocycles. The highest BCUT2D eigenvalue weighted by Crippen LogP contribution is 2.26. The van der Waals surface area contributed by atoms with Gasteiger partial charge in [0, 0.05) is 24.5 Å². The number of hydrogen-bond acceptors (Lipinski definition) is 4. The fourth-order valence-electron chi connectivity index (χ4n) is 1.37. The molecule has 3 nitrogen and oxygen atoms in total. The summed E-state index contributed by atoms with van der Waals surface area (Å²) >= 11 is 7.57. The molecule has 1 aromatic carbocycles. The van der Waals surface area contributed by atoms with Crippen LogP contribution in [-0.2, 0) is 6.42 Å². The molecule has 0 unspecified atom stereocenters. The molecule has 1 heterocycles. The molecule has 84 valence electrons. The maximum absolute atomic E-state index is 5.92. The lowest BCUT2D eigenvalue weighted by atomic mass is 10.2. The molecule has 0 atom stereocenters. The fourth-order valence-corrected chi connectivity index (χ4v) is 2.17. The van der Waals surface area contributed by atoms with Crippen LogP contribution < -0.4 is 11.1 Å². The maximum atomic E-state index is 5.92. The Labute approximate surface area is 103 Å². The summed E-state index contributed by atoms with van der Waals surface area (Å²) in [6, 6.07) is 5.58. The van der Waals surface area contributed by atoms with Gasteiger partial charge in [0.05, 0.1) is 21.4 Å². The SMILES string of the molecule is Nc1c(Cl)cccc1NCCc1nccs1. The van der Waals surface area contributed by atoms with Crippen LogP contribution in [0.5, 0.6) is 0 Å². The van der Waals surface area contributed by atoms with Crippen LogP contribution >= 0.6 is 22.9 Å². The van der Waals surface area contributed by atoms with E-state index in [1.165, 1.54) is 0 Å². The van der Waals surface area contributed by atoms with Gasteiger partial charge in [0.25, 0.3) is 0 Å². The van der Waals surface area contributed by atoms with Crippen molar-refractivity contribution < 1.29 is 0 Å². The van der Waals surface area contributed by atoms with Crippen molar-refractivity contribution >= 4 is 34.3 Å². The number of halogens is 1. The number of nitrogens with one attached hydrogen (secondary N) is 1. The van der Waals surface area contributed by atoms with Gasteiger partial charge in [-0.2, -0.15) is 0 Å². The predicted octanol–water partition coefficient (Wildman–Crippen LogP) is 3.03. The summed E-state index contributed by atoms with van der Waals surface area (Å²) in [6.45, 7) is 0.804. The topological polar surface area (TPSA) is 50.9 Å². The van der Waals surface area contributed by atoms with Crippen molar-refractivity contribution in [3.63, 3.8) is 0 Å². The van der Waals surface area contributed by atoms with Gasteiger partial charge in [-0.1, -0.05) is 17.7 Å². The lowest BCUT2D eigenvalue weighted by molar-refractivity contribution is 0.999. The third-order valence-electron chi connectivity index (χ3n) is 2.19. The highest BCUT2D eigenvalue weighted by Gasteiger charge is 2.02. The number of nitrogens with zero attached hydrogens (tertiary/aromatic N) is 1. The zero-order chi connectivity index (χ0) is 11.4. The van der Waals surface area contributed by atoms with Crippen LogP contribution in [0.4, 0.5) is 11.4 Å². The van der Waals surface area contributed by atoms with E-state index in [2.05, 4.69) is 10.3 Å². The van der Waals surface area contributed by atoms with Gasteiger partial charge < -0.3 is 11.1 Å². The number of hydrogen-bond donors (Lipinski definition) is 2. The van der Waals surface area contributed by atoms with Crippen LogP contribution in [0.25, 0.3) is 0 Å². The number of nitrogen functional groups attached to an aromatic ring is 1. The van der Waals surface area contributed by atoms with Gasteiger partial charge in [-0.3, -0.25) is 0 Å². The molecule has 0 aliphatic carbocycles. The normalized spacial score (nSPS) is 10.3. The van der Waals surface area contributed by atoms with Crippen LogP contribution in [0.3, 0.4) is 0 Å². The molecule has 0 spiro atoms. The number of rotatable bonds is 4. The maximum Gasteiger partial charge on any atom is 0.0942 e. The monoisotopic (exact) mass is 253 g/mol. The van der Waals surface area contributed by atoms with Crippen molar-refractivity contribution in [1.29, 1.82) is 0 Å². The zero-order valence-corrected chi connectivity index (χ0v) is 10.2. The first-order valence-electron chi connectivity index (χ1n) is 4.93. The van der Waals surface area contributed by atoms with Crippen LogP contribution in [-0.4, -0.2) is 11.5 Å². The standard InChI is InChI=1S/C11H12ClN3S/c12-8-2-1-3-9(11(8)13)14-5-4-10-15-6-7-16-10/h1-3,6-7,14H,4-5,13H2. The number of para-hydroxylation sites is 1. The molecule has 3 N–H and O–H groups in total. The van der Waals surface area contributed by atoms with E-state index in [0.717, 1.165) is 23.7 Å². The Morgan fingerprint density at radius 3 is 3.06 bits per heavy atom. The van der Waals surface area contributed by atoms with E-state index in [1.807, 2.05) is 23.7 Å². The summed E-state index contributed by atoms with van der Waals surface area (Å²) in [6.07, 6.45) is 2.71. The largest absolute Gasteiger partial charge is 0.396 e. The van der Waals surface area contributed by atoms with Gasteiger partial charge in [-0.05, 0) is 12.1 Å². The molecule has 0 fully saturated rings. The first kappa shape index (κ1) is 11.2. The Kier molecular flexibility index (Phi) is 3.64. The first-order chi connectivity index (χ1) is 7.77. The zero-order valence-electron chi connectivity index (χ0n) is 8.61. The molecule has 5 heteroatoms. The van der Waals surface area contributed by atoms with Gasteiger partial charge in [-0.15, -0.1) is 11.3 Å².